The summed E-state index contributed by atoms with van der Waals surface area (Å²) < 4.78 is 28.1. The summed E-state index contributed by atoms with van der Waals surface area (Å²) >= 11 is 0. The monoisotopic (exact) mass is 297 g/mol. The van der Waals surface area contributed by atoms with Crippen LogP contribution in [-0.4, -0.2) is 50.4 Å². The Kier molecular flexibility index (Phi) is 5.00. The van der Waals surface area contributed by atoms with Crippen molar-refractivity contribution in [2.24, 2.45) is 0 Å². The smallest absolute Gasteiger partial charge is 0.222 e. The highest BCUT2D eigenvalue weighted by atomic mass is 32.2. The van der Waals surface area contributed by atoms with Crippen LogP contribution >= 0.6 is 0 Å². The van der Waals surface area contributed by atoms with Crippen LogP contribution in [-0.2, 0) is 14.6 Å². The predicted molar refractivity (Wildman–Crippen MR) is 76.4 cm³/mol. The minimum absolute atomic E-state index is 0.0107. The Balaban J connectivity index is 1.66. The Morgan fingerprint density at radius 1 is 1.15 bits per heavy atom. The number of benzene rings is 1. The highest BCUT2D eigenvalue weighted by Gasteiger charge is 2.24. The van der Waals surface area contributed by atoms with Gasteiger partial charge < -0.3 is 9.64 Å². The van der Waals surface area contributed by atoms with Crippen molar-refractivity contribution in [1.82, 2.24) is 4.90 Å². The fourth-order valence-corrected chi connectivity index (χ4v) is 3.25. The molecule has 20 heavy (non-hydrogen) atoms. The van der Waals surface area contributed by atoms with E-state index < -0.39 is 9.84 Å². The maximum Gasteiger partial charge on any atom is 0.222 e. The number of hydrogen-bond donors (Lipinski definition) is 0. The molecule has 1 amide bonds. The number of rotatable bonds is 5. The van der Waals surface area contributed by atoms with Crippen molar-refractivity contribution >= 4 is 15.7 Å². The molecule has 1 fully saturated rings. The van der Waals surface area contributed by atoms with Crippen LogP contribution in [0.3, 0.4) is 0 Å². The normalized spacial score (nSPS) is 17.7. The van der Waals surface area contributed by atoms with Crippen molar-refractivity contribution < 1.29 is 17.9 Å². The topological polar surface area (TPSA) is 63.7 Å². The zero-order chi connectivity index (χ0) is 14.4. The number of sulfone groups is 1. The van der Waals surface area contributed by atoms with Gasteiger partial charge in [0.1, 0.15) is 5.75 Å². The molecule has 0 radical (unpaired) electrons. The highest BCUT2D eigenvalue weighted by molar-refractivity contribution is 7.91. The molecule has 0 atom stereocenters. The Labute approximate surface area is 119 Å². The summed E-state index contributed by atoms with van der Waals surface area (Å²) in [5.74, 6) is 0.971. The number of ether oxygens (including phenoxy) is 1. The van der Waals surface area contributed by atoms with Gasteiger partial charge in [-0.1, -0.05) is 18.2 Å². The molecule has 1 aliphatic heterocycles. The third-order valence-electron chi connectivity index (χ3n) is 3.24. The number of amides is 1. The van der Waals surface area contributed by atoms with E-state index in [0.29, 0.717) is 32.5 Å². The Hall–Kier alpha value is -1.56. The fraction of sp³-hybridized carbons (Fsp3) is 0.500. The lowest BCUT2D eigenvalue weighted by Gasteiger charge is -2.26. The lowest BCUT2D eigenvalue weighted by Crippen LogP contribution is -2.43. The van der Waals surface area contributed by atoms with E-state index >= 15 is 0 Å². The van der Waals surface area contributed by atoms with Crippen molar-refractivity contribution in [1.29, 1.82) is 0 Å². The molecule has 1 saturated heterocycles. The van der Waals surface area contributed by atoms with E-state index in [1.807, 2.05) is 30.3 Å². The zero-order valence-electron chi connectivity index (χ0n) is 11.3. The molecule has 0 saturated carbocycles. The van der Waals surface area contributed by atoms with Gasteiger partial charge in [-0.25, -0.2) is 8.42 Å². The van der Waals surface area contributed by atoms with E-state index in [9.17, 15) is 13.2 Å². The van der Waals surface area contributed by atoms with Gasteiger partial charge in [0.2, 0.25) is 5.91 Å². The third-order valence-corrected chi connectivity index (χ3v) is 4.85. The lowest BCUT2D eigenvalue weighted by atomic mass is 10.3. The molecule has 0 bridgehead atoms. The van der Waals surface area contributed by atoms with Gasteiger partial charge in [0.15, 0.2) is 9.84 Å². The van der Waals surface area contributed by atoms with Gasteiger partial charge in [0, 0.05) is 19.5 Å². The molecule has 1 aromatic carbocycles. The molecule has 0 spiro atoms. The van der Waals surface area contributed by atoms with Crippen LogP contribution in [0, 0.1) is 0 Å². The lowest BCUT2D eigenvalue weighted by molar-refractivity contribution is -0.131. The molecule has 2 rings (SSSR count). The third kappa shape index (κ3) is 4.52. The highest BCUT2D eigenvalue weighted by Crippen LogP contribution is 2.10. The Bertz CT molecular complexity index is 528. The summed E-state index contributed by atoms with van der Waals surface area (Å²) in [5.41, 5.74) is 0. The molecule has 1 heterocycles. The van der Waals surface area contributed by atoms with Crippen molar-refractivity contribution in [2.45, 2.75) is 12.8 Å². The van der Waals surface area contributed by atoms with Gasteiger partial charge in [0.05, 0.1) is 18.1 Å². The Morgan fingerprint density at radius 3 is 2.45 bits per heavy atom. The van der Waals surface area contributed by atoms with E-state index in [1.165, 1.54) is 0 Å². The SMILES string of the molecule is O=C(CCCOc1ccccc1)N1CCS(=O)(=O)CC1. The largest absolute Gasteiger partial charge is 0.494 e. The molecule has 0 unspecified atom stereocenters. The van der Waals surface area contributed by atoms with Gasteiger partial charge in [-0.15, -0.1) is 0 Å². The molecule has 1 aliphatic rings. The summed E-state index contributed by atoms with van der Waals surface area (Å²) in [6.45, 7) is 1.13. The summed E-state index contributed by atoms with van der Waals surface area (Å²) in [5, 5.41) is 0. The van der Waals surface area contributed by atoms with Gasteiger partial charge >= 0.3 is 0 Å². The second-order valence-electron chi connectivity index (χ2n) is 4.80. The molecule has 0 aromatic heterocycles. The van der Waals surface area contributed by atoms with Crippen LogP contribution in [0.2, 0.25) is 0 Å². The first-order chi connectivity index (χ1) is 9.57. The van der Waals surface area contributed by atoms with Crippen molar-refractivity contribution in [3.63, 3.8) is 0 Å². The first kappa shape index (κ1) is 14.8. The average Bonchev–Trinajstić information content (AvgIpc) is 2.44. The van der Waals surface area contributed by atoms with Crippen LogP contribution in [0.1, 0.15) is 12.8 Å². The molecule has 6 heteroatoms. The zero-order valence-corrected chi connectivity index (χ0v) is 12.1. The minimum Gasteiger partial charge on any atom is -0.494 e. The van der Waals surface area contributed by atoms with E-state index in [4.69, 9.17) is 4.74 Å². The predicted octanol–water partition coefficient (Wildman–Crippen LogP) is 1.10. The fourth-order valence-electron chi connectivity index (χ4n) is 2.05. The summed E-state index contributed by atoms with van der Waals surface area (Å²) in [6, 6.07) is 9.46. The first-order valence-corrected chi connectivity index (χ1v) is 8.55. The van der Waals surface area contributed by atoms with Crippen LogP contribution < -0.4 is 4.74 Å². The van der Waals surface area contributed by atoms with Crippen LogP contribution in [0.15, 0.2) is 30.3 Å². The molecule has 5 nitrogen and oxygen atoms in total. The molecule has 110 valence electrons. The second kappa shape index (κ2) is 6.74. The standard InChI is InChI=1S/C14H19NO4S/c16-14(15-8-11-20(17,18)12-9-15)7-4-10-19-13-5-2-1-3-6-13/h1-3,5-6H,4,7-12H2. The number of nitrogens with zero attached hydrogens (tertiary/aromatic N) is 1. The summed E-state index contributed by atoms with van der Waals surface area (Å²) in [7, 11) is -2.93. The quantitative estimate of drug-likeness (QED) is 0.764. The Morgan fingerprint density at radius 2 is 1.80 bits per heavy atom. The summed E-state index contributed by atoms with van der Waals surface area (Å²) in [6.07, 6.45) is 1.03. The number of carbonyl (C=O) groups is 1. The second-order valence-corrected chi connectivity index (χ2v) is 7.10. The van der Waals surface area contributed by atoms with Crippen molar-refractivity contribution in [3.8, 4) is 5.75 Å². The van der Waals surface area contributed by atoms with Crippen LogP contribution in [0.25, 0.3) is 0 Å². The molecular formula is C14H19NO4S. The van der Waals surface area contributed by atoms with E-state index in [1.54, 1.807) is 4.90 Å². The average molecular weight is 297 g/mol. The number of carbonyl (C=O) groups excluding carboxylic acids is 1. The van der Waals surface area contributed by atoms with E-state index in [-0.39, 0.29) is 17.4 Å². The first-order valence-electron chi connectivity index (χ1n) is 6.73. The van der Waals surface area contributed by atoms with Crippen LogP contribution in [0.4, 0.5) is 0 Å². The molecular weight excluding hydrogens is 278 g/mol. The maximum absolute atomic E-state index is 11.9. The maximum atomic E-state index is 11.9. The molecule has 0 aliphatic carbocycles. The van der Waals surface area contributed by atoms with Crippen LogP contribution in [0.5, 0.6) is 5.75 Å². The van der Waals surface area contributed by atoms with Gasteiger partial charge in [-0.3, -0.25) is 4.79 Å². The van der Waals surface area contributed by atoms with E-state index in [0.717, 1.165) is 5.75 Å². The number of hydrogen-bond acceptors (Lipinski definition) is 4. The van der Waals surface area contributed by atoms with Gasteiger partial charge in [0.25, 0.3) is 0 Å². The minimum atomic E-state index is -2.93. The molecule has 1 aromatic rings. The summed E-state index contributed by atoms with van der Waals surface area (Å²) in [4.78, 5) is 13.5. The molecule has 0 N–H and O–H groups in total. The van der Waals surface area contributed by atoms with E-state index in [2.05, 4.69) is 0 Å². The number of para-hydroxylation sites is 1. The van der Waals surface area contributed by atoms with Gasteiger partial charge in [-0.05, 0) is 18.6 Å². The van der Waals surface area contributed by atoms with Crippen molar-refractivity contribution in [3.05, 3.63) is 30.3 Å². The van der Waals surface area contributed by atoms with Crippen molar-refractivity contribution in [2.75, 3.05) is 31.2 Å². The van der Waals surface area contributed by atoms with Gasteiger partial charge in [-0.2, -0.15) is 0 Å².